The van der Waals surface area contributed by atoms with E-state index < -0.39 is 4.92 Å². The minimum atomic E-state index is -0.555. The fourth-order valence-electron chi connectivity index (χ4n) is 1.12. The highest BCUT2D eigenvalue weighted by atomic mass is 32.2. The number of nitrogens with two attached hydrogens (primary N) is 1. The fraction of sp³-hybridized carbons (Fsp3) is 0.500. The molecule has 0 aliphatic heterocycles. The van der Waals surface area contributed by atoms with Gasteiger partial charge >= 0.3 is 5.69 Å². The van der Waals surface area contributed by atoms with E-state index in [1.165, 1.54) is 11.8 Å². The molecule has 88 valence electrons. The highest BCUT2D eigenvalue weighted by Gasteiger charge is 2.24. The lowest BCUT2D eigenvalue weighted by atomic mass is 10.4. The fourth-order valence-corrected chi connectivity index (χ4v) is 1.49. The van der Waals surface area contributed by atoms with Crippen LogP contribution in [0.2, 0.25) is 0 Å². The van der Waals surface area contributed by atoms with E-state index in [0.717, 1.165) is 0 Å². The Morgan fingerprint density at radius 3 is 2.62 bits per heavy atom. The summed E-state index contributed by atoms with van der Waals surface area (Å²) in [4.78, 5) is 19.9. The molecule has 1 aromatic rings. The molecule has 0 unspecified atom stereocenters. The first kappa shape index (κ1) is 12.5. The van der Waals surface area contributed by atoms with Gasteiger partial charge in [0.15, 0.2) is 5.16 Å². The zero-order chi connectivity index (χ0) is 12.3. The number of nitro groups is 1. The summed E-state index contributed by atoms with van der Waals surface area (Å²) < 4.78 is 0. The van der Waals surface area contributed by atoms with Gasteiger partial charge in [0.25, 0.3) is 0 Å². The van der Waals surface area contributed by atoms with E-state index in [4.69, 9.17) is 5.73 Å². The molecule has 8 heteroatoms. The lowest BCUT2D eigenvalue weighted by Gasteiger charge is -2.16. The van der Waals surface area contributed by atoms with Crippen molar-refractivity contribution in [2.75, 3.05) is 30.5 Å². The highest BCUT2D eigenvalue weighted by Crippen LogP contribution is 2.31. The van der Waals surface area contributed by atoms with Gasteiger partial charge < -0.3 is 10.6 Å². The summed E-state index contributed by atoms with van der Waals surface area (Å²) >= 11 is 1.29. The van der Waals surface area contributed by atoms with Crippen molar-refractivity contribution in [2.45, 2.75) is 12.1 Å². The molecule has 0 aliphatic rings. The molecule has 7 nitrogen and oxygen atoms in total. The lowest BCUT2D eigenvalue weighted by Crippen LogP contribution is -2.20. The first-order valence-corrected chi connectivity index (χ1v) is 5.80. The normalized spacial score (nSPS) is 10.2. The first-order chi connectivity index (χ1) is 7.51. The van der Waals surface area contributed by atoms with Gasteiger partial charge in [-0.15, -0.1) is 0 Å². The second-order valence-electron chi connectivity index (χ2n) is 3.04. The zero-order valence-corrected chi connectivity index (χ0v) is 10.1. The standard InChI is InChI=1S/C8H13N5O2S/c1-4-12(2)7-5(13(14)15)6(9)10-8(11-7)16-3/h4H2,1-3H3,(H2,9,10,11). The largest absolute Gasteiger partial charge is 0.378 e. The number of thioether (sulfide) groups is 1. The van der Waals surface area contributed by atoms with Gasteiger partial charge in [0.05, 0.1) is 4.92 Å². The quantitative estimate of drug-likeness (QED) is 0.366. The maximum absolute atomic E-state index is 10.9. The molecule has 1 rings (SSSR count). The molecule has 0 atom stereocenters. The summed E-state index contributed by atoms with van der Waals surface area (Å²) in [5.41, 5.74) is 5.32. The molecular formula is C8H13N5O2S. The number of anilines is 2. The smallest absolute Gasteiger partial charge is 0.353 e. The van der Waals surface area contributed by atoms with E-state index in [2.05, 4.69) is 9.97 Å². The third kappa shape index (κ3) is 2.32. The minimum absolute atomic E-state index is 0.0975. The van der Waals surface area contributed by atoms with Crippen LogP contribution in [0.15, 0.2) is 5.16 Å². The summed E-state index contributed by atoms with van der Waals surface area (Å²) in [6, 6.07) is 0. The highest BCUT2D eigenvalue weighted by molar-refractivity contribution is 7.98. The van der Waals surface area contributed by atoms with E-state index in [1.807, 2.05) is 6.92 Å². The van der Waals surface area contributed by atoms with Crippen molar-refractivity contribution in [1.29, 1.82) is 0 Å². The van der Waals surface area contributed by atoms with Gasteiger partial charge in [-0.2, -0.15) is 9.97 Å². The van der Waals surface area contributed by atoms with Crippen molar-refractivity contribution in [3.8, 4) is 0 Å². The lowest BCUT2D eigenvalue weighted by molar-refractivity contribution is -0.383. The first-order valence-electron chi connectivity index (χ1n) is 4.58. The Morgan fingerprint density at radius 2 is 2.19 bits per heavy atom. The Bertz CT molecular complexity index is 412. The summed E-state index contributed by atoms with van der Waals surface area (Å²) in [6.07, 6.45) is 1.79. The van der Waals surface area contributed by atoms with E-state index >= 15 is 0 Å². The summed E-state index contributed by atoms with van der Waals surface area (Å²) in [5, 5.41) is 11.3. The van der Waals surface area contributed by atoms with Gasteiger partial charge in [-0.1, -0.05) is 11.8 Å². The van der Waals surface area contributed by atoms with Crippen LogP contribution in [0.3, 0.4) is 0 Å². The Kier molecular flexibility index (Phi) is 3.88. The van der Waals surface area contributed by atoms with Crippen LogP contribution in [0, 0.1) is 10.1 Å². The third-order valence-electron chi connectivity index (χ3n) is 2.07. The maximum atomic E-state index is 10.9. The Balaban J connectivity index is 3.40. The predicted molar refractivity (Wildman–Crippen MR) is 63.8 cm³/mol. The van der Waals surface area contributed by atoms with Crippen LogP contribution in [-0.4, -0.2) is 34.7 Å². The van der Waals surface area contributed by atoms with Gasteiger partial charge in [-0.25, -0.2) is 0 Å². The van der Waals surface area contributed by atoms with E-state index in [0.29, 0.717) is 11.7 Å². The van der Waals surface area contributed by atoms with Gasteiger partial charge in [0.1, 0.15) is 0 Å². The molecule has 0 bridgehead atoms. The number of aromatic nitrogens is 2. The Labute approximate surface area is 97.2 Å². The van der Waals surface area contributed by atoms with Gasteiger partial charge in [-0.3, -0.25) is 10.1 Å². The van der Waals surface area contributed by atoms with Crippen molar-refractivity contribution in [2.24, 2.45) is 0 Å². The Morgan fingerprint density at radius 1 is 1.56 bits per heavy atom. The van der Waals surface area contributed by atoms with Crippen LogP contribution in [0.5, 0.6) is 0 Å². The second kappa shape index (κ2) is 4.97. The monoisotopic (exact) mass is 243 g/mol. The maximum Gasteiger partial charge on any atom is 0.353 e. The van der Waals surface area contributed by atoms with Crippen molar-refractivity contribution >= 4 is 29.1 Å². The molecule has 1 heterocycles. The van der Waals surface area contributed by atoms with E-state index in [9.17, 15) is 10.1 Å². The van der Waals surface area contributed by atoms with E-state index in [1.54, 1.807) is 18.2 Å². The van der Waals surface area contributed by atoms with Crippen LogP contribution in [0.25, 0.3) is 0 Å². The molecule has 0 aromatic carbocycles. The van der Waals surface area contributed by atoms with Crippen molar-refractivity contribution in [3.05, 3.63) is 10.1 Å². The van der Waals surface area contributed by atoms with Crippen LogP contribution >= 0.6 is 11.8 Å². The predicted octanol–water partition coefficient (Wildman–Crippen LogP) is 1.15. The molecule has 0 spiro atoms. The Hall–Kier alpha value is -1.57. The molecule has 2 N–H and O–H groups in total. The SMILES string of the molecule is CCN(C)c1nc(SC)nc(N)c1[N+](=O)[O-]. The number of hydrogen-bond acceptors (Lipinski definition) is 7. The molecule has 16 heavy (non-hydrogen) atoms. The van der Waals surface area contributed by atoms with E-state index in [-0.39, 0.29) is 17.3 Å². The number of nitrogen functional groups attached to an aromatic ring is 1. The van der Waals surface area contributed by atoms with Crippen LogP contribution in [-0.2, 0) is 0 Å². The molecule has 0 saturated carbocycles. The number of hydrogen-bond donors (Lipinski definition) is 1. The van der Waals surface area contributed by atoms with Crippen molar-refractivity contribution in [1.82, 2.24) is 9.97 Å². The molecule has 0 fully saturated rings. The number of rotatable bonds is 4. The average Bonchev–Trinajstić information content (AvgIpc) is 2.26. The number of nitrogens with zero attached hydrogens (tertiary/aromatic N) is 4. The minimum Gasteiger partial charge on any atom is -0.378 e. The zero-order valence-electron chi connectivity index (χ0n) is 9.30. The van der Waals surface area contributed by atoms with Gasteiger partial charge in [-0.05, 0) is 13.2 Å². The summed E-state index contributed by atoms with van der Waals surface area (Å²) in [6.45, 7) is 2.48. The topological polar surface area (TPSA) is 98.2 Å². The summed E-state index contributed by atoms with van der Waals surface area (Å²) in [5.74, 6) is 0.156. The van der Waals surface area contributed by atoms with Crippen molar-refractivity contribution < 1.29 is 4.92 Å². The molecule has 0 aliphatic carbocycles. The molecule has 0 amide bonds. The van der Waals surface area contributed by atoms with Gasteiger partial charge in [0.2, 0.25) is 11.6 Å². The second-order valence-corrected chi connectivity index (χ2v) is 3.81. The van der Waals surface area contributed by atoms with Crippen LogP contribution < -0.4 is 10.6 Å². The molecule has 1 aromatic heterocycles. The third-order valence-corrected chi connectivity index (χ3v) is 2.62. The van der Waals surface area contributed by atoms with Crippen LogP contribution in [0.4, 0.5) is 17.3 Å². The van der Waals surface area contributed by atoms with Crippen LogP contribution in [0.1, 0.15) is 6.92 Å². The average molecular weight is 243 g/mol. The molecule has 0 saturated heterocycles. The summed E-state index contributed by atoms with van der Waals surface area (Å²) in [7, 11) is 1.72. The molecular weight excluding hydrogens is 230 g/mol. The van der Waals surface area contributed by atoms with Gasteiger partial charge in [0, 0.05) is 13.6 Å². The van der Waals surface area contributed by atoms with Crippen molar-refractivity contribution in [3.63, 3.8) is 0 Å². The molecule has 0 radical (unpaired) electrons.